The molecule has 1 aliphatic rings. The number of amides is 2. The van der Waals surface area contributed by atoms with Gasteiger partial charge in [-0.15, -0.1) is 0 Å². The maximum atomic E-state index is 12.3. The molecule has 0 bridgehead atoms. The van der Waals surface area contributed by atoms with Crippen molar-refractivity contribution in [3.63, 3.8) is 0 Å². The molecule has 1 N–H and O–H groups in total. The number of rotatable bonds is 8. The fourth-order valence-electron chi connectivity index (χ4n) is 3.03. The van der Waals surface area contributed by atoms with E-state index in [1.807, 2.05) is 12.1 Å². The van der Waals surface area contributed by atoms with E-state index in [-0.39, 0.29) is 17.7 Å². The predicted molar refractivity (Wildman–Crippen MR) is 93.3 cm³/mol. The van der Waals surface area contributed by atoms with Crippen LogP contribution in [0.15, 0.2) is 45.6 Å². The van der Waals surface area contributed by atoms with Crippen LogP contribution in [-0.4, -0.2) is 43.0 Å². The van der Waals surface area contributed by atoms with E-state index in [1.54, 1.807) is 23.3 Å². The molecule has 140 valence electrons. The van der Waals surface area contributed by atoms with Gasteiger partial charge in [-0.3, -0.25) is 9.59 Å². The van der Waals surface area contributed by atoms with E-state index in [1.165, 1.54) is 6.26 Å². The van der Waals surface area contributed by atoms with Crippen LogP contribution in [-0.2, 0) is 16.1 Å². The van der Waals surface area contributed by atoms with E-state index in [2.05, 4.69) is 5.32 Å². The Hall–Kier alpha value is -2.54. The molecule has 2 aromatic heterocycles. The zero-order valence-corrected chi connectivity index (χ0v) is 14.7. The smallest absolute Gasteiger partial charge is 0.289 e. The highest BCUT2D eigenvalue weighted by atomic mass is 16.5. The van der Waals surface area contributed by atoms with Crippen LogP contribution in [0.25, 0.3) is 0 Å². The van der Waals surface area contributed by atoms with E-state index in [9.17, 15) is 9.59 Å². The number of carbonyl (C=O) groups is 2. The Morgan fingerprint density at radius 3 is 2.85 bits per heavy atom. The average Bonchev–Trinajstić information content (AvgIpc) is 3.37. The van der Waals surface area contributed by atoms with E-state index < -0.39 is 0 Å². The first-order chi connectivity index (χ1) is 12.7. The summed E-state index contributed by atoms with van der Waals surface area (Å²) in [4.78, 5) is 26.4. The van der Waals surface area contributed by atoms with Crippen molar-refractivity contribution < 1.29 is 23.2 Å². The molecule has 1 fully saturated rings. The first kappa shape index (κ1) is 18.3. The Balaban J connectivity index is 1.34. The number of hydrogen-bond donors (Lipinski definition) is 1. The van der Waals surface area contributed by atoms with Gasteiger partial charge in [-0.25, -0.2) is 0 Å². The number of nitrogens with one attached hydrogen (secondary N) is 1. The van der Waals surface area contributed by atoms with Gasteiger partial charge in [-0.1, -0.05) is 0 Å². The lowest BCUT2D eigenvalue weighted by molar-refractivity contribution is -0.126. The molecule has 26 heavy (non-hydrogen) atoms. The number of ether oxygens (including phenoxy) is 1. The second-order valence-electron chi connectivity index (χ2n) is 6.34. The van der Waals surface area contributed by atoms with Gasteiger partial charge in [0.25, 0.3) is 5.91 Å². The number of carbonyl (C=O) groups excluding carboxylic acids is 2. The Labute approximate surface area is 152 Å². The molecule has 0 saturated carbocycles. The van der Waals surface area contributed by atoms with Crippen molar-refractivity contribution in [3.8, 4) is 0 Å². The van der Waals surface area contributed by atoms with Gasteiger partial charge in [0.1, 0.15) is 12.4 Å². The van der Waals surface area contributed by atoms with Crippen LogP contribution in [0, 0.1) is 5.92 Å². The van der Waals surface area contributed by atoms with Crippen molar-refractivity contribution in [1.82, 2.24) is 10.2 Å². The van der Waals surface area contributed by atoms with Gasteiger partial charge >= 0.3 is 0 Å². The van der Waals surface area contributed by atoms with Crippen LogP contribution in [0.3, 0.4) is 0 Å². The van der Waals surface area contributed by atoms with Crippen molar-refractivity contribution in [2.24, 2.45) is 5.92 Å². The third-order valence-corrected chi connectivity index (χ3v) is 4.40. The molecule has 3 rings (SSSR count). The molecule has 1 atom stereocenters. The Morgan fingerprint density at radius 1 is 1.23 bits per heavy atom. The highest BCUT2D eigenvalue weighted by molar-refractivity contribution is 5.92. The first-order valence-corrected chi connectivity index (χ1v) is 8.94. The normalized spacial score (nSPS) is 17.2. The second kappa shape index (κ2) is 9.24. The molecule has 0 spiro atoms. The highest BCUT2D eigenvalue weighted by Gasteiger charge is 2.29. The van der Waals surface area contributed by atoms with E-state index in [0.29, 0.717) is 38.6 Å². The second-order valence-corrected chi connectivity index (χ2v) is 6.34. The zero-order valence-electron chi connectivity index (χ0n) is 14.7. The predicted octanol–water partition coefficient (Wildman–Crippen LogP) is 2.45. The molecule has 0 aromatic carbocycles. The molecule has 7 heteroatoms. The summed E-state index contributed by atoms with van der Waals surface area (Å²) in [6.45, 7) is 2.63. The van der Waals surface area contributed by atoms with Crippen molar-refractivity contribution >= 4 is 11.8 Å². The fraction of sp³-hybridized carbons (Fsp3) is 0.474. The van der Waals surface area contributed by atoms with Gasteiger partial charge < -0.3 is 23.8 Å². The lowest BCUT2D eigenvalue weighted by atomic mass is 9.97. The summed E-state index contributed by atoms with van der Waals surface area (Å²) in [5.74, 6) is 0.774. The van der Waals surface area contributed by atoms with Gasteiger partial charge in [-0.2, -0.15) is 0 Å². The molecule has 1 aliphatic heterocycles. The lowest BCUT2D eigenvalue weighted by Gasteiger charge is -2.31. The molecular weight excluding hydrogens is 336 g/mol. The quantitative estimate of drug-likeness (QED) is 0.731. The van der Waals surface area contributed by atoms with Gasteiger partial charge in [0.2, 0.25) is 5.91 Å². The lowest BCUT2D eigenvalue weighted by Crippen LogP contribution is -2.45. The maximum Gasteiger partial charge on any atom is 0.289 e. The monoisotopic (exact) mass is 360 g/mol. The summed E-state index contributed by atoms with van der Waals surface area (Å²) in [6, 6.07) is 7.02. The largest absolute Gasteiger partial charge is 0.467 e. The molecule has 2 aromatic rings. The van der Waals surface area contributed by atoms with Gasteiger partial charge in [0.05, 0.1) is 18.4 Å². The van der Waals surface area contributed by atoms with Crippen LogP contribution in [0.1, 0.15) is 35.6 Å². The van der Waals surface area contributed by atoms with Crippen molar-refractivity contribution in [1.29, 1.82) is 0 Å². The summed E-state index contributed by atoms with van der Waals surface area (Å²) in [6.07, 6.45) is 5.44. The summed E-state index contributed by atoms with van der Waals surface area (Å²) in [7, 11) is 0. The van der Waals surface area contributed by atoms with Gasteiger partial charge in [0.15, 0.2) is 5.76 Å². The Kier molecular flexibility index (Phi) is 6.49. The summed E-state index contributed by atoms with van der Waals surface area (Å²) in [5, 5.41) is 2.94. The molecule has 7 nitrogen and oxygen atoms in total. The van der Waals surface area contributed by atoms with Crippen LogP contribution in [0.2, 0.25) is 0 Å². The summed E-state index contributed by atoms with van der Waals surface area (Å²) < 4.78 is 15.8. The first-order valence-electron chi connectivity index (χ1n) is 8.94. The van der Waals surface area contributed by atoms with Crippen LogP contribution in [0.5, 0.6) is 0 Å². The molecule has 0 aliphatic carbocycles. The average molecular weight is 360 g/mol. The van der Waals surface area contributed by atoms with Gasteiger partial charge in [0, 0.05) is 26.2 Å². The fourth-order valence-corrected chi connectivity index (χ4v) is 3.03. The minimum Gasteiger partial charge on any atom is -0.467 e. The maximum absolute atomic E-state index is 12.3. The molecule has 3 heterocycles. The van der Waals surface area contributed by atoms with Crippen molar-refractivity contribution in [2.45, 2.75) is 25.9 Å². The van der Waals surface area contributed by atoms with Crippen LogP contribution >= 0.6 is 0 Å². The number of hydrogen-bond acceptors (Lipinski definition) is 5. The molecular formula is C19H24N2O5. The third-order valence-electron chi connectivity index (χ3n) is 4.40. The Morgan fingerprint density at radius 2 is 2.08 bits per heavy atom. The zero-order chi connectivity index (χ0) is 18.2. The van der Waals surface area contributed by atoms with Gasteiger partial charge in [-0.05, 0) is 43.5 Å². The SMILES string of the molecule is O=C(NCCCOCc1ccco1)[C@@H]1CCCN(C(=O)c2ccco2)C1. The van der Waals surface area contributed by atoms with E-state index in [4.69, 9.17) is 13.6 Å². The highest BCUT2D eigenvalue weighted by Crippen LogP contribution is 2.19. The number of likely N-dealkylation sites (tertiary alicyclic amines) is 1. The summed E-state index contributed by atoms with van der Waals surface area (Å²) >= 11 is 0. The van der Waals surface area contributed by atoms with E-state index >= 15 is 0 Å². The van der Waals surface area contributed by atoms with Crippen LogP contribution in [0.4, 0.5) is 0 Å². The molecule has 1 saturated heterocycles. The molecule has 0 unspecified atom stereocenters. The topological polar surface area (TPSA) is 84.9 Å². The minimum atomic E-state index is -0.174. The van der Waals surface area contributed by atoms with Crippen LogP contribution < -0.4 is 5.32 Å². The summed E-state index contributed by atoms with van der Waals surface area (Å²) in [5.41, 5.74) is 0. The minimum absolute atomic E-state index is 0.00650. The number of nitrogens with zero attached hydrogens (tertiary/aromatic N) is 1. The van der Waals surface area contributed by atoms with Crippen molar-refractivity contribution in [2.75, 3.05) is 26.2 Å². The molecule has 2 amide bonds. The third kappa shape index (κ3) is 4.98. The molecule has 0 radical (unpaired) electrons. The van der Waals surface area contributed by atoms with Crippen molar-refractivity contribution in [3.05, 3.63) is 48.3 Å². The van der Waals surface area contributed by atoms with E-state index in [0.717, 1.165) is 25.0 Å². The Bertz CT molecular complexity index is 681. The number of furan rings is 2. The number of piperidine rings is 1. The standard InChI is InChI=1S/C19H24N2O5/c22-18(20-8-4-10-24-14-16-6-2-11-25-16)15-5-1-9-21(13-15)19(23)17-7-3-12-26-17/h2-3,6-7,11-12,15H,1,4-5,8-10,13-14H2,(H,20,22)/t15-/m1/s1.